The molecule has 3 heteroatoms. The van der Waals surface area contributed by atoms with Crippen molar-refractivity contribution in [3.63, 3.8) is 0 Å². The molecule has 1 rings (SSSR count). The molecule has 0 fully saturated rings. The Morgan fingerprint density at radius 1 is 1.50 bits per heavy atom. The van der Waals surface area contributed by atoms with Gasteiger partial charge in [-0.3, -0.25) is 10.4 Å². The Labute approximate surface area is 96.6 Å². The lowest BCUT2D eigenvalue weighted by Gasteiger charge is -2.06. The van der Waals surface area contributed by atoms with Gasteiger partial charge in [-0.05, 0) is 38.5 Å². The van der Waals surface area contributed by atoms with Crippen molar-refractivity contribution in [1.29, 1.82) is 0 Å². The number of aryl methyl sites for hydroxylation is 2. The first-order chi connectivity index (χ1) is 7.69. The smallest absolute Gasteiger partial charge is 0.0920 e. The number of nitrogens with one attached hydrogen (secondary N) is 1. The van der Waals surface area contributed by atoms with Gasteiger partial charge in [-0.25, -0.2) is 0 Å². The topological polar surface area (TPSA) is 37.3 Å². The van der Waals surface area contributed by atoms with Crippen molar-refractivity contribution in [2.45, 2.75) is 20.8 Å². The molecule has 0 aliphatic carbocycles. The number of pyridine rings is 1. The Kier molecular flexibility index (Phi) is 4.45. The van der Waals surface area contributed by atoms with Gasteiger partial charge in [0.15, 0.2) is 0 Å². The first-order valence-corrected chi connectivity index (χ1v) is 5.19. The molecule has 0 spiro atoms. The van der Waals surface area contributed by atoms with Crippen LogP contribution in [0.5, 0.6) is 0 Å². The van der Waals surface area contributed by atoms with E-state index in [1.165, 1.54) is 0 Å². The number of hydrazone groups is 1. The zero-order valence-corrected chi connectivity index (χ0v) is 9.99. The molecule has 0 aromatic carbocycles. The van der Waals surface area contributed by atoms with Crippen LogP contribution in [0, 0.1) is 13.8 Å². The molecule has 0 atom stereocenters. The fourth-order valence-corrected chi connectivity index (χ4v) is 1.36. The van der Waals surface area contributed by atoms with Crippen molar-refractivity contribution >= 4 is 5.71 Å². The Bertz CT molecular complexity index is 431. The Morgan fingerprint density at radius 2 is 2.25 bits per heavy atom. The first kappa shape index (κ1) is 12.2. The highest BCUT2D eigenvalue weighted by molar-refractivity contribution is 6.09. The van der Waals surface area contributed by atoms with E-state index in [9.17, 15) is 0 Å². The van der Waals surface area contributed by atoms with Gasteiger partial charge in [0.1, 0.15) is 0 Å². The molecule has 0 radical (unpaired) electrons. The lowest BCUT2D eigenvalue weighted by atomic mass is 10.1. The second-order valence-electron chi connectivity index (χ2n) is 3.48. The molecule has 0 aliphatic heterocycles. The molecule has 0 aliphatic rings. The van der Waals surface area contributed by atoms with Gasteiger partial charge in [0.05, 0.1) is 5.71 Å². The van der Waals surface area contributed by atoms with Crippen molar-refractivity contribution in [3.8, 4) is 0 Å². The standard InChI is InChI=1S/C13H17N3/c1-5-7-13(16-15-6-2)12-8-10(3)9-14-11(12)4/h5-9,15H,2H2,1,3-4H3/b7-5-,16-13+. The Balaban J connectivity index is 3.19. The van der Waals surface area contributed by atoms with Crippen LogP contribution in [0.25, 0.3) is 0 Å². The molecule has 0 bridgehead atoms. The van der Waals surface area contributed by atoms with E-state index in [-0.39, 0.29) is 0 Å². The monoisotopic (exact) mass is 215 g/mol. The summed E-state index contributed by atoms with van der Waals surface area (Å²) in [6, 6.07) is 2.08. The predicted octanol–water partition coefficient (Wildman–Crippen LogP) is 2.71. The van der Waals surface area contributed by atoms with Crippen LogP contribution in [0.3, 0.4) is 0 Å². The number of aromatic nitrogens is 1. The second kappa shape index (κ2) is 5.85. The van der Waals surface area contributed by atoms with E-state index in [4.69, 9.17) is 0 Å². The average molecular weight is 215 g/mol. The summed E-state index contributed by atoms with van der Waals surface area (Å²) >= 11 is 0. The predicted molar refractivity (Wildman–Crippen MR) is 68.4 cm³/mol. The molecule has 3 nitrogen and oxygen atoms in total. The van der Waals surface area contributed by atoms with Crippen LogP contribution in [0.2, 0.25) is 0 Å². The second-order valence-corrected chi connectivity index (χ2v) is 3.48. The molecular weight excluding hydrogens is 198 g/mol. The van der Waals surface area contributed by atoms with Crippen LogP contribution in [-0.4, -0.2) is 10.7 Å². The fraction of sp³-hybridized carbons (Fsp3) is 0.231. The minimum atomic E-state index is 0.858. The third-order valence-corrected chi connectivity index (χ3v) is 2.10. The van der Waals surface area contributed by atoms with Crippen molar-refractivity contribution in [1.82, 2.24) is 10.4 Å². The average Bonchev–Trinajstić information content (AvgIpc) is 2.28. The number of rotatable bonds is 4. The lowest BCUT2D eigenvalue weighted by Crippen LogP contribution is -2.07. The highest BCUT2D eigenvalue weighted by Crippen LogP contribution is 2.09. The summed E-state index contributed by atoms with van der Waals surface area (Å²) in [5, 5.41) is 4.23. The fourth-order valence-electron chi connectivity index (χ4n) is 1.36. The van der Waals surface area contributed by atoms with Crippen LogP contribution < -0.4 is 5.43 Å². The van der Waals surface area contributed by atoms with Gasteiger partial charge in [0.2, 0.25) is 0 Å². The van der Waals surface area contributed by atoms with Crippen LogP contribution in [0.4, 0.5) is 0 Å². The van der Waals surface area contributed by atoms with Crippen molar-refractivity contribution in [3.05, 3.63) is 54.0 Å². The molecule has 1 heterocycles. The van der Waals surface area contributed by atoms with Crippen LogP contribution >= 0.6 is 0 Å². The Morgan fingerprint density at radius 3 is 2.88 bits per heavy atom. The van der Waals surface area contributed by atoms with E-state index < -0.39 is 0 Å². The summed E-state index contributed by atoms with van der Waals surface area (Å²) in [4.78, 5) is 4.32. The normalized spacial score (nSPS) is 11.8. The summed E-state index contributed by atoms with van der Waals surface area (Å²) < 4.78 is 0. The molecule has 1 N–H and O–H groups in total. The third kappa shape index (κ3) is 3.05. The van der Waals surface area contributed by atoms with Gasteiger partial charge >= 0.3 is 0 Å². The summed E-state index contributed by atoms with van der Waals surface area (Å²) in [5.74, 6) is 0. The van der Waals surface area contributed by atoms with Gasteiger partial charge in [-0.1, -0.05) is 12.7 Å². The number of hydrogen-bond donors (Lipinski definition) is 1. The third-order valence-electron chi connectivity index (χ3n) is 2.10. The summed E-state index contributed by atoms with van der Waals surface area (Å²) in [5.41, 5.74) is 6.73. The molecule has 0 unspecified atom stereocenters. The van der Waals surface area contributed by atoms with Crippen LogP contribution in [0.1, 0.15) is 23.7 Å². The zero-order chi connectivity index (χ0) is 12.0. The maximum absolute atomic E-state index is 4.32. The van der Waals surface area contributed by atoms with Gasteiger partial charge < -0.3 is 0 Å². The van der Waals surface area contributed by atoms with Crippen LogP contribution in [-0.2, 0) is 0 Å². The first-order valence-electron chi connectivity index (χ1n) is 5.19. The molecule has 0 saturated heterocycles. The minimum absolute atomic E-state index is 0.858. The molecule has 0 saturated carbocycles. The number of nitrogens with zero attached hydrogens (tertiary/aromatic N) is 2. The van der Waals surface area contributed by atoms with E-state index in [2.05, 4.69) is 28.2 Å². The van der Waals surface area contributed by atoms with Gasteiger partial charge in [0.25, 0.3) is 0 Å². The van der Waals surface area contributed by atoms with E-state index in [0.29, 0.717) is 0 Å². The maximum Gasteiger partial charge on any atom is 0.0920 e. The van der Waals surface area contributed by atoms with E-state index in [1.54, 1.807) is 6.20 Å². The van der Waals surface area contributed by atoms with E-state index in [1.807, 2.05) is 39.1 Å². The summed E-state index contributed by atoms with van der Waals surface area (Å²) in [6.07, 6.45) is 7.29. The zero-order valence-electron chi connectivity index (χ0n) is 9.99. The van der Waals surface area contributed by atoms with E-state index >= 15 is 0 Å². The Hall–Kier alpha value is -1.90. The molecule has 1 aromatic heterocycles. The number of hydrogen-bond acceptors (Lipinski definition) is 3. The van der Waals surface area contributed by atoms with Crippen molar-refractivity contribution in [2.75, 3.05) is 0 Å². The molecule has 1 aromatic rings. The van der Waals surface area contributed by atoms with Crippen LogP contribution in [0.15, 0.2) is 42.3 Å². The van der Waals surface area contributed by atoms with Crippen molar-refractivity contribution in [2.24, 2.45) is 5.10 Å². The quantitative estimate of drug-likeness (QED) is 0.619. The largest absolute Gasteiger partial charge is 0.286 e. The maximum atomic E-state index is 4.32. The SMILES string of the molecule is C=CN/N=C(\C=C/C)c1cc(C)cnc1C. The molecule has 84 valence electrons. The summed E-state index contributed by atoms with van der Waals surface area (Å²) in [6.45, 7) is 9.52. The molecule has 16 heavy (non-hydrogen) atoms. The summed E-state index contributed by atoms with van der Waals surface area (Å²) in [7, 11) is 0. The van der Waals surface area contributed by atoms with Crippen molar-refractivity contribution < 1.29 is 0 Å². The van der Waals surface area contributed by atoms with Gasteiger partial charge in [-0.2, -0.15) is 5.10 Å². The number of allylic oxidation sites excluding steroid dienone is 2. The van der Waals surface area contributed by atoms with Gasteiger partial charge in [-0.15, -0.1) is 0 Å². The lowest BCUT2D eigenvalue weighted by molar-refractivity contribution is 0.971. The minimum Gasteiger partial charge on any atom is -0.286 e. The molecule has 0 amide bonds. The van der Waals surface area contributed by atoms with E-state index in [0.717, 1.165) is 22.5 Å². The molecular formula is C13H17N3. The van der Waals surface area contributed by atoms with Gasteiger partial charge in [0, 0.05) is 23.7 Å². The highest BCUT2D eigenvalue weighted by atomic mass is 15.3. The highest BCUT2D eigenvalue weighted by Gasteiger charge is 2.05.